The van der Waals surface area contributed by atoms with Crippen LogP contribution in [0.3, 0.4) is 0 Å². The van der Waals surface area contributed by atoms with Gasteiger partial charge in [-0.25, -0.2) is 4.79 Å². The number of nitrogens with zero attached hydrogens (tertiary/aromatic N) is 3. The molecule has 4 heteroatoms. The number of fused-ring (bicyclic) bond motifs is 1. The molecule has 0 N–H and O–H groups in total. The summed E-state index contributed by atoms with van der Waals surface area (Å²) >= 11 is 0. The second-order valence-electron chi connectivity index (χ2n) is 4.30. The van der Waals surface area contributed by atoms with Crippen LogP contribution in [0.2, 0.25) is 0 Å². The van der Waals surface area contributed by atoms with E-state index in [0.29, 0.717) is 0 Å². The van der Waals surface area contributed by atoms with Gasteiger partial charge in [0.1, 0.15) is 6.67 Å². The Labute approximate surface area is 101 Å². The van der Waals surface area contributed by atoms with Gasteiger partial charge in [-0.05, 0) is 18.1 Å². The third-order valence-electron chi connectivity index (χ3n) is 3.11. The smallest absolute Gasteiger partial charge is 0.330 e. The van der Waals surface area contributed by atoms with Gasteiger partial charge in [0, 0.05) is 31.7 Å². The largest absolute Gasteiger partial charge is 0.355 e. The van der Waals surface area contributed by atoms with Crippen LogP contribution in [0.5, 0.6) is 0 Å². The maximum absolute atomic E-state index is 12.3. The molecule has 0 atom stereocenters. The standard InChI is InChI=1S/C13H14N3O/c1-14-8-9-15(10-14)13(17)16-7-6-11-4-2-3-5-12(11)16/h2-5,8-10H,6-7H2,1H3. The summed E-state index contributed by atoms with van der Waals surface area (Å²) in [6, 6.07) is 8.08. The summed E-state index contributed by atoms with van der Waals surface area (Å²) in [6.07, 6.45) is 4.58. The lowest BCUT2D eigenvalue weighted by Gasteiger charge is -2.23. The highest BCUT2D eigenvalue weighted by Gasteiger charge is 2.29. The highest BCUT2D eigenvalue weighted by atomic mass is 16.2. The summed E-state index contributed by atoms with van der Waals surface area (Å²) in [5.74, 6) is 0. The molecular weight excluding hydrogens is 214 g/mol. The van der Waals surface area contributed by atoms with Crippen LogP contribution >= 0.6 is 0 Å². The normalized spacial score (nSPS) is 17.8. The zero-order chi connectivity index (χ0) is 11.8. The Morgan fingerprint density at radius 2 is 2.06 bits per heavy atom. The highest BCUT2D eigenvalue weighted by Crippen LogP contribution is 2.29. The topological polar surface area (TPSA) is 26.8 Å². The van der Waals surface area contributed by atoms with E-state index < -0.39 is 0 Å². The van der Waals surface area contributed by atoms with Crippen molar-refractivity contribution >= 4 is 11.7 Å². The van der Waals surface area contributed by atoms with E-state index in [2.05, 4.69) is 6.07 Å². The fourth-order valence-electron chi connectivity index (χ4n) is 2.24. The Kier molecular flexibility index (Phi) is 2.28. The molecule has 2 aliphatic heterocycles. The van der Waals surface area contributed by atoms with Gasteiger partial charge >= 0.3 is 6.03 Å². The van der Waals surface area contributed by atoms with Crippen LogP contribution in [0.4, 0.5) is 10.5 Å². The van der Waals surface area contributed by atoms with Crippen molar-refractivity contribution in [3.05, 3.63) is 48.9 Å². The maximum Gasteiger partial charge on any atom is 0.330 e. The van der Waals surface area contributed by atoms with Gasteiger partial charge in [0.05, 0.1) is 0 Å². The molecule has 0 bridgehead atoms. The van der Waals surface area contributed by atoms with Crippen molar-refractivity contribution in [2.24, 2.45) is 0 Å². The zero-order valence-corrected chi connectivity index (χ0v) is 9.71. The van der Waals surface area contributed by atoms with E-state index in [1.165, 1.54) is 5.56 Å². The molecular formula is C13H14N3O. The monoisotopic (exact) mass is 228 g/mol. The summed E-state index contributed by atoms with van der Waals surface area (Å²) in [6.45, 7) is 2.54. The van der Waals surface area contributed by atoms with Crippen LogP contribution in [0.15, 0.2) is 36.7 Å². The van der Waals surface area contributed by atoms with Gasteiger partial charge in [0.2, 0.25) is 0 Å². The fraction of sp³-hybridized carbons (Fsp3) is 0.231. The van der Waals surface area contributed by atoms with Gasteiger partial charge in [0.25, 0.3) is 0 Å². The van der Waals surface area contributed by atoms with Crippen molar-refractivity contribution in [3.63, 3.8) is 0 Å². The third-order valence-corrected chi connectivity index (χ3v) is 3.11. The van der Waals surface area contributed by atoms with Gasteiger partial charge < -0.3 is 4.90 Å². The molecule has 1 radical (unpaired) electrons. The molecule has 0 aromatic heterocycles. The van der Waals surface area contributed by atoms with E-state index in [1.807, 2.05) is 41.2 Å². The molecule has 0 spiro atoms. The van der Waals surface area contributed by atoms with Gasteiger partial charge in [-0.2, -0.15) is 0 Å². The number of carbonyl (C=O) groups excluding carboxylic acids is 1. The summed E-state index contributed by atoms with van der Waals surface area (Å²) in [7, 11) is 1.90. The predicted molar refractivity (Wildman–Crippen MR) is 65.9 cm³/mol. The lowest BCUT2D eigenvalue weighted by molar-refractivity contribution is 0.226. The highest BCUT2D eigenvalue weighted by molar-refractivity contribution is 5.95. The lowest BCUT2D eigenvalue weighted by atomic mass is 10.2. The van der Waals surface area contributed by atoms with E-state index in [9.17, 15) is 4.79 Å². The number of benzene rings is 1. The first-order valence-corrected chi connectivity index (χ1v) is 5.69. The van der Waals surface area contributed by atoms with E-state index in [0.717, 1.165) is 18.7 Å². The van der Waals surface area contributed by atoms with Crippen molar-refractivity contribution in [3.8, 4) is 0 Å². The van der Waals surface area contributed by atoms with Crippen molar-refractivity contribution in [2.45, 2.75) is 6.42 Å². The summed E-state index contributed by atoms with van der Waals surface area (Å²) in [4.78, 5) is 17.6. The Morgan fingerprint density at radius 3 is 2.82 bits per heavy atom. The first-order chi connectivity index (χ1) is 8.25. The van der Waals surface area contributed by atoms with E-state index in [1.54, 1.807) is 17.8 Å². The molecule has 2 heterocycles. The zero-order valence-electron chi connectivity index (χ0n) is 9.71. The summed E-state index contributed by atoms with van der Waals surface area (Å²) in [5, 5.41) is 0. The first kappa shape index (κ1) is 10.2. The summed E-state index contributed by atoms with van der Waals surface area (Å²) in [5.41, 5.74) is 2.28. The van der Waals surface area contributed by atoms with Gasteiger partial charge in [0.15, 0.2) is 0 Å². The first-order valence-electron chi connectivity index (χ1n) is 5.69. The van der Waals surface area contributed by atoms with Crippen molar-refractivity contribution in [1.29, 1.82) is 0 Å². The SMILES string of the molecule is CN1[CH]N(C(=O)N2CCc3ccccc32)C=C1. The second kappa shape index (κ2) is 3.80. The molecule has 4 nitrogen and oxygen atoms in total. The van der Waals surface area contributed by atoms with Crippen LogP contribution in [0, 0.1) is 6.67 Å². The van der Waals surface area contributed by atoms with Crippen LogP contribution in [-0.4, -0.2) is 29.4 Å². The average molecular weight is 228 g/mol. The Hall–Kier alpha value is -1.97. The Balaban J connectivity index is 1.83. The van der Waals surface area contributed by atoms with Crippen LogP contribution in [0.1, 0.15) is 5.56 Å². The molecule has 17 heavy (non-hydrogen) atoms. The maximum atomic E-state index is 12.3. The molecule has 0 saturated carbocycles. The van der Waals surface area contributed by atoms with Crippen molar-refractivity contribution in [1.82, 2.24) is 9.80 Å². The van der Waals surface area contributed by atoms with Gasteiger partial charge in [-0.3, -0.25) is 9.80 Å². The number of rotatable bonds is 0. The summed E-state index contributed by atoms with van der Waals surface area (Å²) < 4.78 is 0. The van der Waals surface area contributed by atoms with Crippen molar-refractivity contribution < 1.29 is 4.79 Å². The van der Waals surface area contributed by atoms with Gasteiger partial charge in [-0.15, -0.1) is 0 Å². The molecule has 0 unspecified atom stereocenters. The third kappa shape index (κ3) is 1.65. The molecule has 2 aliphatic rings. The number of anilines is 1. The minimum absolute atomic E-state index is 0.00977. The molecule has 3 rings (SSSR count). The average Bonchev–Trinajstić information content (AvgIpc) is 2.94. The second-order valence-corrected chi connectivity index (χ2v) is 4.30. The molecule has 1 aromatic rings. The molecule has 87 valence electrons. The Bertz CT molecular complexity index is 483. The number of carbonyl (C=O) groups is 1. The minimum atomic E-state index is 0.00977. The van der Waals surface area contributed by atoms with E-state index in [-0.39, 0.29) is 6.03 Å². The van der Waals surface area contributed by atoms with Crippen LogP contribution < -0.4 is 4.90 Å². The van der Waals surface area contributed by atoms with E-state index in [4.69, 9.17) is 0 Å². The molecule has 0 fully saturated rings. The molecule has 1 aromatic carbocycles. The molecule has 0 aliphatic carbocycles. The number of hydrogen-bond acceptors (Lipinski definition) is 2. The number of para-hydroxylation sites is 1. The van der Waals surface area contributed by atoms with E-state index >= 15 is 0 Å². The van der Waals surface area contributed by atoms with Gasteiger partial charge in [-0.1, -0.05) is 18.2 Å². The molecule has 0 saturated heterocycles. The number of urea groups is 1. The Morgan fingerprint density at radius 1 is 1.24 bits per heavy atom. The van der Waals surface area contributed by atoms with Crippen LogP contribution in [0.25, 0.3) is 0 Å². The number of amides is 2. The quantitative estimate of drug-likeness (QED) is 0.679. The fourth-order valence-corrected chi connectivity index (χ4v) is 2.24. The predicted octanol–water partition coefficient (Wildman–Crippen LogP) is 2.01. The minimum Gasteiger partial charge on any atom is -0.355 e. The number of hydrogen-bond donors (Lipinski definition) is 0. The van der Waals surface area contributed by atoms with Crippen LogP contribution in [-0.2, 0) is 6.42 Å². The van der Waals surface area contributed by atoms with Crippen molar-refractivity contribution in [2.75, 3.05) is 18.5 Å². The lowest BCUT2D eigenvalue weighted by Crippen LogP contribution is -2.38. The molecule has 2 amide bonds.